The van der Waals surface area contributed by atoms with Crippen molar-refractivity contribution in [3.05, 3.63) is 16.6 Å². The second-order valence-corrected chi connectivity index (χ2v) is 5.98. The summed E-state index contributed by atoms with van der Waals surface area (Å²) in [5, 5.41) is 17.3. The largest absolute Gasteiger partial charge is 0.481 e. The van der Waals surface area contributed by atoms with Gasteiger partial charge in [0, 0.05) is 30.6 Å². The van der Waals surface area contributed by atoms with Gasteiger partial charge in [0.2, 0.25) is 0 Å². The third-order valence-electron chi connectivity index (χ3n) is 3.38. The molecule has 1 rings (SSSR count). The summed E-state index contributed by atoms with van der Waals surface area (Å²) in [6, 6.07) is -0.352. The predicted molar refractivity (Wildman–Crippen MR) is 78.0 cm³/mol. The molecule has 6 nitrogen and oxygen atoms in total. The van der Waals surface area contributed by atoms with E-state index >= 15 is 0 Å². The Morgan fingerprint density at radius 3 is 2.70 bits per heavy atom. The molecule has 0 radical (unpaired) electrons. The number of carboxylic acids is 1. The topological polar surface area (TPSA) is 91.3 Å². The van der Waals surface area contributed by atoms with Gasteiger partial charge in [0.15, 0.2) is 0 Å². The lowest BCUT2D eigenvalue weighted by Gasteiger charge is -2.23. The van der Waals surface area contributed by atoms with Crippen LogP contribution in [-0.4, -0.2) is 35.2 Å². The number of urea groups is 1. The fourth-order valence-corrected chi connectivity index (χ4v) is 2.20. The zero-order valence-corrected chi connectivity index (χ0v) is 12.8. The van der Waals surface area contributed by atoms with Gasteiger partial charge in [-0.2, -0.15) is 0 Å². The maximum atomic E-state index is 11.7. The molecule has 112 valence electrons. The van der Waals surface area contributed by atoms with Gasteiger partial charge in [0.05, 0.1) is 10.4 Å². The summed E-state index contributed by atoms with van der Waals surface area (Å²) in [6.45, 7) is 5.96. The maximum absolute atomic E-state index is 11.7. The highest BCUT2D eigenvalue weighted by Gasteiger charge is 2.31. The predicted octanol–water partition coefficient (Wildman–Crippen LogP) is 2.05. The van der Waals surface area contributed by atoms with Gasteiger partial charge in [-0.1, -0.05) is 13.8 Å². The van der Waals surface area contributed by atoms with E-state index in [0.717, 1.165) is 5.01 Å². The fourth-order valence-electron chi connectivity index (χ4n) is 1.50. The molecule has 0 spiro atoms. The summed E-state index contributed by atoms with van der Waals surface area (Å²) in [5.41, 5.74) is -0.932. The van der Waals surface area contributed by atoms with Crippen molar-refractivity contribution in [2.75, 3.05) is 13.1 Å². The van der Waals surface area contributed by atoms with Crippen molar-refractivity contribution in [2.24, 2.45) is 5.41 Å². The van der Waals surface area contributed by atoms with E-state index in [-0.39, 0.29) is 18.5 Å². The highest BCUT2D eigenvalue weighted by Crippen LogP contribution is 2.20. The molecule has 0 saturated carbocycles. The highest BCUT2D eigenvalue weighted by molar-refractivity contribution is 7.09. The lowest BCUT2D eigenvalue weighted by atomic mass is 9.88. The number of nitrogens with zero attached hydrogens (tertiary/aromatic N) is 1. The van der Waals surface area contributed by atoms with E-state index in [4.69, 9.17) is 5.11 Å². The Labute approximate surface area is 122 Å². The number of thiazole rings is 1. The summed E-state index contributed by atoms with van der Waals surface area (Å²) < 4.78 is 0. The normalized spacial score (nSPS) is 15.2. The highest BCUT2D eigenvalue weighted by atomic mass is 32.1. The van der Waals surface area contributed by atoms with Crippen LogP contribution in [0.25, 0.3) is 0 Å². The van der Waals surface area contributed by atoms with Crippen LogP contribution in [-0.2, 0) is 4.79 Å². The Hall–Kier alpha value is -1.63. The molecular weight excluding hydrogens is 278 g/mol. The molecule has 1 heterocycles. The molecule has 0 aliphatic heterocycles. The molecule has 0 aliphatic rings. The number of nitrogens with one attached hydrogen (secondary N) is 2. The number of carboxylic acid groups (broad SMARTS) is 1. The average Bonchev–Trinajstić information content (AvgIpc) is 2.95. The van der Waals surface area contributed by atoms with Crippen LogP contribution in [0.1, 0.15) is 38.1 Å². The Balaban J connectivity index is 2.35. The first kappa shape index (κ1) is 16.4. The fraction of sp³-hybridized carbons (Fsp3) is 0.615. The number of carbonyl (C=O) groups excluding carboxylic acids is 1. The van der Waals surface area contributed by atoms with Gasteiger partial charge >= 0.3 is 12.0 Å². The molecule has 0 fully saturated rings. The molecular formula is C13H21N3O3S. The van der Waals surface area contributed by atoms with Crippen LogP contribution in [0.4, 0.5) is 4.79 Å². The van der Waals surface area contributed by atoms with Crippen LogP contribution >= 0.6 is 11.3 Å². The second-order valence-electron chi connectivity index (χ2n) is 5.05. The number of rotatable bonds is 7. The van der Waals surface area contributed by atoms with Crippen LogP contribution in [0.5, 0.6) is 0 Å². The van der Waals surface area contributed by atoms with E-state index in [1.54, 1.807) is 31.4 Å². The molecule has 2 amide bonds. The van der Waals surface area contributed by atoms with Crippen molar-refractivity contribution in [1.82, 2.24) is 15.6 Å². The van der Waals surface area contributed by atoms with Crippen molar-refractivity contribution >= 4 is 23.3 Å². The van der Waals surface area contributed by atoms with Gasteiger partial charge in [0.1, 0.15) is 0 Å². The van der Waals surface area contributed by atoms with Gasteiger partial charge in [-0.15, -0.1) is 11.3 Å². The van der Waals surface area contributed by atoms with Gasteiger partial charge in [0.25, 0.3) is 0 Å². The van der Waals surface area contributed by atoms with Crippen LogP contribution in [0, 0.1) is 5.41 Å². The Kier molecular flexibility index (Phi) is 5.94. The second kappa shape index (κ2) is 7.23. The number of amides is 2. The Morgan fingerprint density at radius 2 is 2.20 bits per heavy atom. The van der Waals surface area contributed by atoms with E-state index in [1.807, 2.05) is 12.3 Å². The Bertz CT molecular complexity index is 450. The van der Waals surface area contributed by atoms with E-state index < -0.39 is 11.4 Å². The quantitative estimate of drug-likeness (QED) is 0.718. The number of aromatic nitrogens is 1. The zero-order valence-electron chi connectivity index (χ0n) is 12.0. The smallest absolute Gasteiger partial charge is 0.314 e. The Morgan fingerprint density at radius 1 is 1.50 bits per heavy atom. The van der Waals surface area contributed by atoms with Crippen molar-refractivity contribution in [3.63, 3.8) is 0 Å². The first-order valence-corrected chi connectivity index (χ1v) is 7.41. The summed E-state index contributed by atoms with van der Waals surface area (Å²) in [7, 11) is 0. The maximum Gasteiger partial charge on any atom is 0.314 e. The summed E-state index contributed by atoms with van der Waals surface area (Å²) in [6.07, 6.45) is 2.19. The van der Waals surface area contributed by atoms with E-state index in [2.05, 4.69) is 15.6 Å². The minimum absolute atomic E-state index is 0.107. The minimum Gasteiger partial charge on any atom is -0.481 e. The standard InChI is InChI=1S/C13H21N3O3S/c1-4-13(3,11(17)18)8-16-12(19)15-7-9(2)10-14-5-6-20-10/h5-6,9H,4,7-8H2,1-3H3,(H,17,18)(H2,15,16,19). The van der Waals surface area contributed by atoms with E-state index in [0.29, 0.717) is 13.0 Å². The minimum atomic E-state index is -0.932. The van der Waals surface area contributed by atoms with Crippen molar-refractivity contribution < 1.29 is 14.7 Å². The third kappa shape index (κ3) is 4.48. The molecule has 0 aliphatic carbocycles. The molecule has 0 bridgehead atoms. The SMILES string of the molecule is CCC(C)(CNC(=O)NCC(C)c1nccs1)C(=O)O. The first-order chi connectivity index (χ1) is 9.39. The van der Waals surface area contributed by atoms with E-state index in [9.17, 15) is 9.59 Å². The van der Waals surface area contributed by atoms with Gasteiger partial charge < -0.3 is 15.7 Å². The molecule has 7 heteroatoms. The van der Waals surface area contributed by atoms with Crippen LogP contribution < -0.4 is 10.6 Å². The average molecular weight is 299 g/mol. The molecule has 1 aromatic rings. The van der Waals surface area contributed by atoms with Crippen LogP contribution in [0.3, 0.4) is 0 Å². The molecule has 0 aromatic carbocycles. The molecule has 2 unspecified atom stereocenters. The molecule has 20 heavy (non-hydrogen) atoms. The van der Waals surface area contributed by atoms with Crippen molar-refractivity contribution in [1.29, 1.82) is 0 Å². The van der Waals surface area contributed by atoms with Crippen molar-refractivity contribution in [2.45, 2.75) is 33.1 Å². The molecule has 3 N–H and O–H groups in total. The zero-order chi connectivity index (χ0) is 15.2. The molecule has 1 aromatic heterocycles. The number of aliphatic carboxylic acids is 1. The van der Waals surface area contributed by atoms with Crippen LogP contribution in [0.15, 0.2) is 11.6 Å². The molecule has 0 saturated heterocycles. The number of hydrogen-bond acceptors (Lipinski definition) is 4. The van der Waals surface area contributed by atoms with Crippen LogP contribution in [0.2, 0.25) is 0 Å². The summed E-state index contributed by atoms with van der Waals surface area (Å²) in [5.74, 6) is -0.769. The lowest BCUT2D eigenvalue weighted by Crippen LogP contribution is -2.45. The van der Waals surface area contributed by atoms with E-state index in [1.165, 1.54) is 0 Å². The van der Waals surface area contributed by atoms with Gasteiger partial charge in [-0.3, -0.25) is 4.79 Å². The first-order valence-electron chi connectivity index (χ1n) is 6.53. The van der Waals surface area contributed by atoms with Gasteiger partial charge in [-0.25, -0.2) is 9.78 Å². The third-order valence-corrected chi connectivity index (χ3v) is 4.38. The number of carbonyl (C=O) groups is 2. The van der Waals surface area contributed by atoms with Gasteiger partial charge in [-0.05, 0) is 13.3 Å². The van der Waals surface area contributed by atoms with Crippen molar-refractivity contribution in [3.8, 4) is 0 Å². The number of hydrogen-bond donors (Lipinski definition) is 3. The summed E-state index contributed by atoms with van der Waals surface area (Å²) in [4.78, 5) is 27.0. The lowest BCUT2D eigenvalue weighted by molar-refractivity contribution is -0.147. The molecule has 2 atom stereocenters. The summed E-state index contributed by atoms with van der Waals surface area (Å²) >= 11 is 1.55. The monoisotopic (exact) mass is 299 g/mol.